The van der Waals surface area contributed by atoms with Crippen LogP contribution in [-0.4, -0.2) is 82.9 Å². The second-order valence-corrected chi connectivity index (χ2v) is 18.1. The van der Waals surface area contributed by atoms with E-state index in [2.05, 4.69) is 15.3 Å². The predicted octanol–water partition coefficient (Wildman–Crippen LogP) is 4.01. The molecule has 0 radical (unpaired) electrons. The molecule has 0 bridgehead atoms. The normalized spacial score (nSPS) is 16.2. The number of thioether (sulfide) groups is 1. The van der Waals surface area contributed by atoms with E-state index in [1.165, 1.54) is 75.9 Å². The Labute approximate surface area is 331 Å². The Kier molecular flexibility index (Phi) is 11.4. The van der Waals surface area contributed by atoms with Crippen LogP contribution in [0, 0.1) is 10.1 Å². The summed E-state index contributed by atoms with van der Waals surface area (Å²) in [6.07, 6.45) is 4.12. The first-order valence-corrected chi connectivity index (χ1v) is 20.0. The van der Waals surface area contributed by atoms with E-state index in [9.17, 15) is 37.7 Å². The van der Waals surface area contributed by atoms with Crippen LogP contribution in [0.1, 0.15) is 40.2 Å². The second kappa shape index (κ2) is 15.9. The molecule has 0 aliphatic carbocycles. The molecule has 1 unspecified atom stereocenters. The number of benzene rings is 2. The molecule has 5 aromatic rings. The zero-order chi connectivity index (χ0) is 41.3. The van der Waals surface area contributed by atoms with Gasteiger partial charge in [0.25, 0.3) is 5.69 Å². The fourth-order valence-electron chi connectivity index (χ4n) is 6.25. The summed E-state index contributed by atoms with van der Waals surface area (Å²) in [6.45, 7) is 8.10. The van der Waals surface area contributed by atoms with Crippen molar-refractivity contribution >= 4 is 56.5 Å². The third kappa shape index (κ3) is 8.90. The molecule has 17 nitrogen and oxygen atoms in total. The van der Waals surface area contributed by atoms with Crippen LogP contribution in [0.25, 0.3) is 16.9 Å². The summed E-state index contributed by atoms with van der Waals surface area (Å²) in [6, 6.07) is 15.2. The van der Waals surface area contributed by atoms with E-state index in [0.717, 1.165) is 4.31 Å². The SMILES string of the molecule is CC(C)(C)OC(=O)[C@H](Cc1ccc(-n2c(=O)n(CC(=O)Oc3ccc([N+](=O)[O-])cc3)c3cccnc32)cc1)NC(=O)C1N(S(=O)(=O)c2cccnc2)CSC1(C)C. The molecule has 2 atom stereocenters. The van der Waals surface area contributed by atoms with Gasteiger partial charge in [-0.15, -0.1) is 11.8 Å². The Bertz CT molecular complexity index is 2500. The Morgan fingerprint density at radius 1 is 1.04 bits per heavy atom. The monoisotopic (exact) mass is 817 g/mol. The van der Waals surface area contributed by atoms with Crippen LogP contribution in [0.3, 0.4) is 0 Å². The fourth-order valence-corrected chi connectivity index (χ4v) is 9.39. The lowest BCUT2D eigenvalue weighted by Gasteiger charge is -2.32. The maximum absolute atomic E-state index is 14.1. The summed E-state index contributed by atoms with van der Waals surface area (Å²) in [5.74, 6) is -2.13. The number of amides is 1. The molecule has 0 spiro atoms. The van der Waals surface area contributed by atoms with Crippen LogP contribution in [0.2, 0.25) is 0 Å². The molecule has 1 fully saturated rings. The van der Waals surface area contributed by atoms with Crippen molar-refractivity contribution in [2.75, 3.05) is 5.88 Å². The van der Waals surface area contributed by atoms with Crippen molar-refractivity contribution in [1.82, 2.24) is 28.7 Å². The summed E-state index contributed by atoms with van der Waals surface area (Å²) in [5, 5.41) is 13.7. The molecule has 298 valence electrons. The van der Waals surface area contributed by atoms with Gasteiger partial charge in [-0.3, -0.25) is 24.5 Å². The first-order chi connectivity index (χ1) is 26.9. The van der Waals surface area contributed by atoms with Gasteiger partial charge in [-0.1, -0.05) is 12.1 Å². The van der Waals surface area contributed by atoms with Crippen molar-refractivity contribution in [1.29, 1.82) is 0 Å². The largest absolute Gasteiger partial charge is 0.458 e. The lowest BCUT2D eigenvalue weighted by atomic mass is 10.0. The predicted molar refractivity (Wildman–Crippen MR) is 209 cm³/mol. The van der Waals surface area contributed by atoms with Gasteiger partial charge in [0.15, 0.2) is 5.65 Å². The van der Waals surface area contributed by atoms with Gasteiger partial charge >= 0.3 is 17.6 Å². The first kappa shape index (κ1) is 40.7. The number of fused-ring (bicyclic) bond motifs is 1. The molecule has 2 aromatic carbocycles. The van der Waals surface area contributed by atoms with Crippen LogP contribution < -0.4 is 15.7 Å². The molecule has 4 heterocycles. The smallest absolute Gasteiger partial charge is 0.335 e. The van der Waals surface area contributed by atoms with Crippen LogP contribution in [0.15, 0.2) is 101 Å². The number of nitrogens with zero attached hydrogens (tertiary/aromatic N) is 6. The van der Waals surface area contributed by atoms with Gasteiger partial charge in [-0.05, 0) is 88.7 Å². The molecule has 57 heavy (non-hydrogen) atoms. The molecule has 0 saturated carbocycles. The van der Waals surface area contributed by atoms with E-state index in [1.54, 1.807) is 71.0 Å². The molecule has 1 aliphatic rings. The molecule has 1 aliphatic heterocycles. The highest BCUT2D eigenvalue weighted by Gasteiger charge is 2.51. The number of carbonyl (C=O) groups excluding carboxylic acids is 3. The lowest BCUT2D eigenvalue weighted by molar-refractivity contribution is -0.384. The zero-order valence-corrected chi connectivity index (χ0v) is 33.2. The molecule has 1 saturated heterocycles. The van der Waals surface area contributed by atoms with Gasteiger partial charge in [0.1, 0.15) is 34.9 Å². The number of hydrogen-bond acceptors (Lipinski definition) is 13. The van der Waals surface area contributed by atoms with Crippen molar-refractivity contribution < 1.29 is 37.2 Å². The fraction of sp³-hybridized carbons (Fsp3) is 0.316. The van der Waals surface area contributed by atoms with E-state index in [4.69, 9.17) is 9.47 Å². The number of ether oxygens (including phenoxy) is 2. The van der Waals surface area contributed by atoms with Crippen LogP contribution in [-0.2, 0) is 42.1 Å². The quantitative estimate of drug-likeness (QED) is 0.0817. The van der Waals surface area contributed by atoms with Crippen molar-refractivity contribution in [2.24, 2.45) is 0 Å². The molecule has 1 amide bonds. The number of nitro groups is 1. The highest BCUT2D eigenvalue weighted by Crippen LogP contribution is 2.42. The van der Waals surface area contributed by atoms with E-state index >= 15 is 0 Å². The number of aromatic nitrogens is 4. The first-order valence-electron chi connectivity index (χ1n) is 17.6. The van der Waals surface area contributed by atoms with Crippen LogP contribution >= 0.6 is 11.8 Å². The van der Waals surface area contributed by atoms with Gasteiger partial charge in [0, 0.05) is 41.9 Å². The number of esters is 2. The number of non-ortho nitro benzene ring substituents is 1. The minimum atomic E-state index is -4.13. The van der Waals surface area contributed by atoms with E-state index in [1.807, 2.05) is 0 Å². The molecule has 19 heteroatoms. The number of sulfonamides is 1. The Balaban J connectivity index is 1.25. The summed E-state index contributed by atoms with van der Waals surface area (Å²) in [4.78, 5) is 73.0. The van der Waals surface area contributed by atoms with E-state index < -0.39 is 67.5 Å². The molecule has 1 N–H and O–H groups in total. The molecule has 3 aromatic heterocycles. The lowest BCUT2D eigenvalue weighted by Crippen LogP contribution is -2.57. The van der Waals surface area contributed by atoms with E-state index in [0.29, 0.717) is 16.8 Å². The number of carbonyl (C=O) groups is 3. The summed E-state index contributed by atoms with van der Waals surface area (Å²) >= 11 is 1.29. The van der Waals surface area contributed by atoms with Crippen molar-refractivity contribution in [2.45, 2.75) is 74.9 Å². The zero-order valence-electron chi connectivity index (χ0n) is 31.5. The highest BCUT2D eigenvalue weighted by molar-refractivity contribution is 8.02. The maximum Gasteiger partial charge on any atom is 0.335 e. The molecular weight excluding hydrogens is 779 g/mol. The van der Waals surface area contributed by atoms with E-state index in [-0.39, 0.29) is 34.3 Å². The van der Waals surface area contributed by atoms with Crippen molar-refractivity contribution in [3.63, 3.8) is 0 Å². The number of imidazole rings is 1. The average molecular weight is 818 g/mol. The second-order valence-electron chi connectivity index (χ2n) is 14.6. The van der Waals surface area contributed by atoms with Crippen molar-refractivity contribution in [3.8, 4) is 11.4 Å². The van der Waals surface area contributed by atoms with Crippen LogP contribution in [0.5, 0.6) is 5.75 Å². The summed E-state index contributed by atoms with van der Waals surface area (Å²) < 4.78 is 41.1. The Morgan fingerprint density at radius 3 is 2.35 bits per heavy atom. The topological polar surface area (TPSA) is 215 Å². The molecular formula is C38H39N7O10S2. The molecule has 6 rings (SSSR count). The van der Waals surface area contributed by atoms with Gasteiger partial charge < -0.3 is 14.8 Å². The number of rotatable bonds is 12. The van der Waals surface area contributed by atoms with Crippen molar-refractivity contribution in [3.05, 3.63) is 118 Å². The maximum atomic E-state index is 14.1. The standard InChI is InChI=1S/C38H39N7O10S2/c1-37(2,3)55-35(48)29(41-34(47)32-38(4,5)56-23-43(32)57(52,53)28-8-6-18-39-21-28)20-24-10-12-25(13-11-24)44-33-30(9-7-19-40-33)42(36(44)49)22-31(46)54-27-16-14-26(15-17-27)45(50)51/h6-19,21,29,32H,20,22-23H2,1-5H3,(H,41,47)/t29-,32?/m0/s1. The number of nitrogens with one attached hydrogen (secondary N) is 1. The minimum absolute atomic E-state index is 0.00643. The minimum Gasteiger partial charge on any atom is -0.458 e. The average Bonchev–Trinajstić information content (AvgIpc) is 3.63. The number of nitro benzene ring substituents is 1. The van der Waals surface area contributed by atoms with Gasteiger partial charge in [0.05, 0.1) is 22.0 Å². The van der Waals surface area contributed by atoms with Gasteiger partial charge in [-0.2, -0.15) is 4.31 Å². The number of hydrogen-bond donors (Lipinski definition) is 1. The highest BCUT2D eigenvalue weighted by atomic mass is 32.2. The third-order valence-corrected chi connectivity index (χ3v) is 12.2. The third-order valence-electron chi connectivity index (χ3n) is 8.90. The Morgan fingerprint density at radius 2 is 1.72 bits per heavy atom. The summed E-state index contributed by atoms with van der Waals surface area (Å²) in [5.41, 5.74) is -0.129. The Hall–Kier alpha value is -5.92. The van der Waals surface area contributed by atoms with Gasteiger partial charge in [-0.25, -0.2) is 32.4 Å². The summed E-state index contributed by atoms with van der Waals surface area (Å²) in [7, 11) is -4.13. The number of pyridine rings is 2. The van der Waals surface area contributed by atoms with Gasteiger partial charge in [0.2, 0.25) is 15.9 Å². The van der Waals surface area contributed by atoms with Crippen LogP contribution in [0.4, 0.5) is 5.69 Å².